The van der Waals surface area contributed by atoms with Gasteiger partial charge in [-0.3, -0.25) is 14.3 Å². The number of likely N-dealkylation sites (tertiary alicyclic amines) is 1. The summed E-state index contributed by atoms with van der Waals surface area (Å²) in [6.45, 7) is 6.73. The van der Waals surface area contributed by atoms with Crippen LogP contribution in [0.15, 0.2) is 30.3 Å². The van der Waals surface area contributed by atoms with Crippen LogP contribution in [0.5, 0.6) is 5.75 Å². The van der Waals surface area contributed by atoms with Crippen LogP contribution in [0.3, 0.4) is 0 Å². The number of ether oxygens (including phenoxy) is 1. The molecule has 4 rings (SSSR count). The molecule has 32 heavy (non-hydrogen) atoms. The van der Waals surface area contributed by atoms with Gasteiger partial charge in [0.2, 0.25) is 5.91 Å². The van der Waals surface area contributed by atoms with Gasteiger partial charge in [0.05, 0.1) is 12.0 Å². The lowest BCUT2D eigenvalue weighted by molar-refractivity contribution is -0.134. The van der Waals surface area contributed by atoms with Crippen molar-refractivity contribution in [1.82, 2.24) is 20.0 Å². The molecular formula is C25H34N4O3. The van der Waals surface area contributed by atoms with Crippen molar-refractivity contribution in [3.05, 3.63) is 47.3 Å². The molecular weight excluding hydrogens is 404 g/mol. The SMILES string of the molecule is CCn1nc(C(=O)N2CCCC3(CCCCc4ccccc4OCCNC3=O)C2)cc1C. The second kappa shape index (κ2) is 9.76. The predicted molar refractivity (Wildman–Crippen MR) is 123 cm³/mol. The molecule has 1 N–H and O–H groups in total. The number of amides is 2. The fourth-order valence-corrected chi connectivity index (χ4v) is 5.05. The minimum Gasteiger partial charge on any atom is -0.491 e. The third-order valence-corrected chi connectivity index (χ3v) is 6.81. The molecule has 172 valence electrons. The normalized spacial score (nSPS) is 22.3. The second-order valence-corrected chi connectivity index (χ2v) is 9.02. The topological polar surface area (TPSA) is 76.5 Å². The van der Waals surface area contributed by atoms with E-state index >= 15 is 0 Å². The largest absolute Gasteiger partial charge is 0.491 e. The third-order valence-electron chi connectivity index (χ3n) is 6.81. The molecule has 2 aliphatic heterocycles. The highest BCUT2D eigenvalue weighted by Crippen LogP contribution is 2.37. The van der Waals surface area contributed by atoms with Crippen LogP contribution in [0.2, 0.25) is 0 Å². The van der Waals surface area contributed by atoms with Gasteiger partial charge in [-0.2, -0.15) is 5.10 Å². The van der Waals surface area contributed by atoms with E-state index in [0.717, 1.165) is 56.5 Å². The molecule has 1 unspecified atom stereocenters. The van der Waals surface area contributed by atoms with Gasteiger partial charge in [-0.1, -0.05) is 24.6 Å². The summed E-state index contributed by atoms with van der Waals surface area (Å²) in [6, 6.07) is 9.99. The van der Waals surface area contributed by atoms with E-state index in [2.05, 4.69) is 16.5 Å². The number of para-hydroxylation sites is 1. The van der Waals surface area contributed by atoms with Crippen molar-refractivity contribution in [2.24, 2.45) is 5.41 Å². The Morgan fingerprint density at radius 3 is 2.84 bits per heavy atom. The van der Waals surface area contributed by atoms with E-state index in [1.54, 1.807) is 0 Å². The molecule has 0 bridgehead atoms. The van der Waals surface area contributed by atoms with Crippen molar-refractivity contribution >= 4 is 11.8 Å². The smallest absolute Gasteiger partial charge is 0.274 e. The number of nitrogens with zero attached hydrogens (tertiary/aromatic N) is 3. The highest BCUT2D eigenvalue weighted by molar-refractivity contribution is 5.93. The Bertz CT molecular complexity index is 970. The molecule has 1 aromatic heterocycles. The minimum absolute atomic E-state index is 0.0442. The van der Waals surface area contributed by atoms with E-state index in [9.17, 15) is 9.59 Å². The molecule has 2 aromatic rings. The maximum absolute atomic E-state index is 13.3. The molecule has 0 aliphatic carbocycles. The molecule has 0 saturated carbocycles. The molecule has 1 saturated heterocycles. The van der Waals surface area contributed by atoms with Gasteiger partial charge >= 0.3 is 0 Å². The molecule has 3 heterocycles. The number of piperidine rings is 1. The van der Waals surface area contributed by atoms with Crippen molar-refractivity contribution in [2.75, 3.05) is 26.2 Å². The monoisotopic (exact) mass is 438 g/mol. The van der Waals surface area contributed by atoms with E-state index in [4.69, 9.17) is 4.74 Å². The molecule has 7 nitrogen and oxygen atoms in total. The number of carbonyl (C=O) groups excluding carboxylic acids is 2. The lowest BCUT2D eigenvalue weighted by Gasteiger charge is -2.41. The zero-order chi connectivity index (χ0) is 22.6. The summed E-state index contributed by atoms with van der Waals surface area (Å²) >= 11 is 0. The summed E-state index contributed by atoms with van der Waals surface area (Å²) in [6.07, 6.45) is 5.28. The van der Waals surface area contributed by atoms with Crippen molar-refractivity contribution in [2.45, 2.75) is 58.9 Å². The van der Waals surface area contributed by atoms with E-state index in [-0.39, 0.29) is 11.8 Å². The fraction of sp³-hybridized carbons (Fsp3) is 0.560. The molecule has 1 fully saturated rings. The first-order valence-electron chi connectivity index (χ1n) is 11.9. The van der Waals surface area contributed by atoms with E-state index in [1.165, 1.54) is 5.56 Å². The number of benzene rings is 1. The van der Waals surface area contributed by atoms with Crippen molar-refractivity contribution in [1.29, 1.82) is 0 Å². The van der Waals surface area contributed by atoms with Gasteiger partial charge in [-0.15, -0.1) is 0 Å². The number of nitrogens with one attached hydrogen (secondary N) is 1. The molecule has 2 aliphatic rings. The predicted octanol–water partition coefficient (Wildman–Crippen LogP) is 3.36. The first kappa shape index (κ1) is 22.4. The van der Waals surface area contributed by atoms with Crippen LogP contribution < -0.4 is 10.1 Å². The second-order valence-electron chi connectivity index (χ2n) is 9.02. The average molecular weight is 439 g/mol. The van der Waals surface area contributed by atoms with E-state index < -0.39 is 5.41 Å². The Hall–Kier alpha value is -2.83. The van der Waals surface area contributed by atoms with E-state index in [0.29, 0.717) is 31.9 Å². The van der Waals surface area contributed by atoms with Crippen LogP contribution in [-0.4, -0.2) is 52.7 Å². The van der Waals surface area contributed by atoms with Gasteiger partial charge in [0, 0.05) is 25.3 Å². The zero-order valence-electron chi connectivity index (χ0n) is 19.2. The first-order chi connectivity index (χ1) is 15.5. The van der Waals surface area contributed by atoms with Crippen LogP contribution in [-0.2, 0) is 17.8 Å². The maximum Gasteiger partial charge on any atom is 0.274 e. The van der Waals surface area contributed by atoms with Crippen LogP contribution in [0, 0.1) is 12.3 Å². The third kappa shape index (κ3) is 4.66. The van der Waals surface area contributed by atoms with Crippen LogP contribution in [0.1, 0.15) is 60.8 Å². The Morgan fingerprint density at radius 1 is 1.22 bits per heavy atom. The van der Waals surface area contributed by atoms with Gasteiger partial charge in [0.15, 0.2) is 5.69 Å². The first-order valence-corrected chi connectivity index (χ1v) is 11.9. The Labute approximate surface area is 190 Å². The number of aromatic nitrogens is 2. The van der Waals surface area contributed by atoms with Crippen molar-refractivity contribution < 1.29 is 14.3 Å². The molecule has 1 spiro atoms. The number of fused-ring (bicyclic) bond motifs is 1. The Kier molecular flexibility index (Phi) is 6.82. The van der Waals surface area contributed by atoms with Crippen LogP contribution in [0.25, 0.3) is 0 Å². The van der Waals surface area contributed by atoms with Gasteiger partial charge in [0.1, 0.15) is 12.4 Å². The summed E-state index contributed by atoms with van der Waals surface area (Å²) in [5.41, 5.74) is 2.12. The molecule has 1 atom stereocenters. The standard InChI is InChI=1S/C25H34N4O3/c1-3-29-19(2)17-21(27-29)23(30)28-15-8-13-25(18-28)12-7-6-10-20-9-4-5-11-22(20)32-16-14-26-24(25)31/h4-5,9,11,17H,3,6-8,10,12-16,18H2,1-2H3,(H,26,31). The summed E-state index contributed by atoms with van der Waals surface area (Å²) in [5, 5.41) is 7.56. The number of hydrogen-bond acceptors (Lipinski definition) is 4. The summed E-state index contributed by atoms with van der Waals surface area (Å²) in [5.74, 6) is 0.881. The van der Waals surface area contributed by atoms with Gasteiger partial charge in [-0.05, 0) is 63.6 Å². The highest BCUT2D eigenvalue weighted by atomic mass is 16.5. The minimum atomic E-state index is -0.547. The van der Waals surface area contributed by atoms with Gasteiger partial charge in [0.25, 0.3) is 5.91 Å². The van der Waals surface area contributed by atoms with E-state index in [1.807, 2.05) is 47.7 Å². The fourth-order valence-electron chi connectivity index (χ4n) is 5.05. The molecule has 0 radical (unpaired) electrons. The van der Waals surface area contributed by atoms with Crippen LogP contribution in [0.4, 0.5) is 0 Å². The maximum atomic E-state index is 13.3. The number of aryl methyl sites for hydroxylation is 3. The zero-order valence-corrected chi connectivity index (χ0v) is 19.2. The number of hydrogen-bond donors (Lipinski definition) is 1. The summed E-state index contributed by atoms with van der Waals surface area (Å²) < 4.78 is 7.78. The molecule has 2 amide bonds. The van der Waals surface area contributed by atoms with Gasteiger partial charge in [-0.25, -0.2) is 0 Å². The number of carbonyl (C=O) groups is 2. The lowest BCUT2D eigenvalue weighted by Crippen LogP contribution is -2.54. The molecule has 7 heteroatoms. The quantitative estimate of drug-likeness (QED) is 0.780. The average Bonchev–Trinajstić information content (AvgIpc) is 3.19. The van der Waals surface area contributed by atoms with Crippen LogP contribution >= 0.6 is 0 Å². The summed E-state index contributed by atoms with van der Waals surface area (Å²) in [4.78, 5) is 28.4. The Morgan fingerprint density at radius 2 is 2.03 bits per heavy atom. The number of rotatable bonds is 2. The Balaban J connectivity index is 1.50. The highest BCUT2D eigenvalue weighted by Gasteiger charge is 2.43. The molecule has 1 aromatic carbocycles. The van der Waals surface area contributed by atoms with Crippen molar-refractivity contribution in [3.8, 4) is 5.75 Å². The van der Waals surface area contributed by atoms with Gasteiger partial charge < -0.3 is 15.0 Å². The summed E-state index contributed by atoms with van der Waals surface area (Å²) in [7, 11) is 0. The van der Waals surface area contributed by atoms with Crippen molar-refractivity contribution in [3.63, 3.8) is 0 Å². The lowest BCUT2D eigenvalue weighted by atomic mass is 9.74.